The minimum Gasteiger partial charge on any atom is -0.337 e. The number of carbonyl (C=O) groups excluding carboxylic acids is 1. The Labute approximate surface area is 180 Å². The minimum absolute atomic E-state index is 0.107. The van der Waals surface area contributed by atoms with Gasteiger partial charge in [0.25, 0.3) is 15.9 Å². The summed E-state index contributed by atoms with van der Waals surface area (Å²) in [4.78, 5) is 14.2. The van der Waals surface area contributed by atoms with Gasteiger partial charge in [0.1, 0.15) is 5.82 Å². The van der Waals surface area contributed by atoms with Crippen LogP contribution in [0.3, 0.4) is 0 Å². The van der Waals surface area contributed by atoms with Crippen LogP contribution in [0.4, 0.5) is 10.1 Å². The number of sulfonamides is 1. The Hall–Kier alpha value is -2.90. The number of hydrogen-bond acceptors (Lipinski definition) is 3. The lowest BCUT2D eigenvalue weighted by atomic mass is 10.1. The van der Waals surface area contributed by atoms with Crippen molar-refractivity contribution in [2.24, 2.45) is 0 Å². The maximum absolute atomic E-state index is 13.3. The lowest BCUT2D eigenvalue weighted by Gasteiger charge is -2.18. The lowest BCUT2D eigenvalue weighted by molar-refractivity contribution is 0.0785. The molecule has 30 heavy (non-hydrogen) atoms. The van der Waals surface area contributed by atoms with Crippen LogP contribution in [0.1, 0.15) is 21.5 Å². The molecule has 1 amide bonds. The van der Waals surface area contributed by atoms with Crippen molar-refractivity contribution in [2.45, 2.75) is 18.4 Å². The van der Waals surface area contributed by atoms with Crippen LogP contribution in [0.25, 0.3) is 0 Å². The van der Waals surface area contributed by atoms with Crippen molar-refractivity contribution < 1.29 is 17.6 Å². The normalized spacial score (nSPS) is 11.2. The quantitative estimate of drug-likeness (QED) is 0.588. The minimum atomic E-state index is -3.78. The van der Waals surface area contributed by atoms with Crippen molar-refractivity contribution in [3.8, 4) is 0 Å². The van der Waals surface area contributed by atoms with Crippen LogP contribution in [-0.4, -0.2) is 26.3 Å². The Morgan fingerprint density at radius 1 is 1.07 bits per heavy atom. The molecule has 0 aliphatic rings. The van der Waals surface area contributed by atoms with E-state index in [4.69, 9.17) is 11.6 Å². The second kappa shape index (κ2) is 8.85. The molecule has 0 unspecified atom stereocenters. The molecule has 0 saturated heterocycles. The highest BCUT2D eigenvalue weighted by molar-refractivity contribution is 7.92. The molecule has 0 bridgehead atoms. The fourth-order valence-corrected chi connectivity index (χ4v) is 4.18. The van der Waals surface area contributed by atoms with Crippen molar-refractivity contribution in [2.75, 3.05) is 11.8 Å². The van der Waals surface area contributed by atoms with Gasteiger partial charge in [-0.05, 0) is 55.0 Å². The van der Waals surface area contributed by atoms with Crippen LogP contribution in [0.2, 0.25) is 5.02 Å². The smallest absolute Gasteiger partial charge is 0.261 e. The largest absolute Gasteiger partial charge is 0.337 e. The summed E-state index contributed by atoms with van der Waals surface area (Å²) in [5.41, 5.74) is 2.05. The number of rotatable bonds is 6. The fraction of sp³-hybridized carbons (Fsp3) is 0.136. The third-order valence-electron chi connectivity index (χ3n) is 4.44. The highest BCUT2D eigenvalue weighted by Gasteiger charge is 2.18. The zero-order valence-electron chi connectivity index (χ0n) is 16.4. The molecule has 0 aromatic heterocycles. The Morgan fingerprint density at radius 2 is 1.77 bits per heavy atom. The van der Waals surface area contributed by atoms with E-state index in [2.05, 4.69) is 4.72 Å². The molecule has 0 fully saturated rings. The molecule has 0 aliphatic carbocycles. The van der Waals surface area contributed by atoms with Crippen LogP contribution in [0, 0.1) is 12.7 Å². The average molecular weight is 447 g/mol. The molecule has 1 N–H and O–H groups in total. The number of nitrogens with one attached hydrogen (secondary N) is 1. The highest BCUT2D eigenvalue weighted by atomic mass is 35.5. The summed E-state index contributed by atoms with van der Waals surface area (Å²) in [7, 11) is -2.20. The molecular formula is C22H20ClFN2O3S. The van der Waals surface area contributed by atoms with Gasteiger partial charge in [0.15, 0.2) is 0 Å². The van der Waals surface area contributed by atoms with Crippen molar-refractivity contribution in [1.29, 1.82) is 0 Å². The molecule has 0 heterocycles. The number of anilines is 1. The van der Waals surface area contributed by atoms with E-state index in [0.29, 0.717) is 5.56 Å². The van der Waals surface area contributed by atoms with Gasteiger partial charge >= 0.3 is 0 Å². The Balaban J connectivity index is 1.75. The summed E-state index contributed by atoms with van der Waals surface area (Å²) in [6, 6.07) is 16.7. The third-order valence-corrected chi connectivity index (χ3v) is 6.15. The fourth-order valence-electron chi connectivity index (χ4n) is 2.87. The van der Waals surface area contributed by atoms with Crippen LogP contribution >= 0.6 is 11.6 Å². The molecule has 0 radical (unpaired) electrons. The molecule has 0 spiro atoms. The van der Waals surface area contributed by atoms with Gasteiger partial charge in [0, 0.05) is 13.6 Å². The van der Waals surface area contributed by atoms with Gasteiger partial charge in [-0.1, -0.05) is 41.4 Å². The maximum atomic E-state index is 13.3. The van der Waals surface area contributed by atoms with Crippen molar-refractivity contribution in [3.63, 3.8) is 0 Å². The van der Waals surface area contributed by atoms with E-state index in [0.717, 1.165) is 5.56 Å². The monoisotopic (exact) mass is 446 g/mol. The number of hydrogen-bond donors (Lipinski definition) is 1. The van der Waals surface area contributed by atoms with Crippen LogP contribution < -0.4 is 4.72 Å². The standard InChI is InChI=1S/C22H20ClFN2O3S/c1-15-6-9-19(10-7-15)30(28,29)25-18-8-11-20(21(23)13-18)22(27)26(2)14-16-4-3-5-17(24)12-16/h3-13,25H,14H2,1-2H3. The third kappa shape index (κ3) is 5.17. The van der Waals surface area contributed by atoms with Gasteiger partial charge in [-0.3, -0.25) is 9.52 Å². The number of halogens is 2. The lowest BCUT2D eigenvalue weighted by Crippen LogP contribution is -2.26. The highest BCUT2D eigenvalue weighted by Crippen LogP contribution is 2.25. The second-order valence-electron chi connectivity index (χ2n) is 6.90. The number of carbonyl (C=O) groups is 1. The van der Waals surface area contributed by atoms with Gasteiger partial charge < -0.3 is 4.90 Å². The van der Waals surface area contributed by atoms with Crippen molar-refractivity contribution >= 4 is 33.2 Å². The molecular weight excluding hydrogens is 427 g/mol. The van der Waals surface area contributed by atoms with E-state index >= 15 is 0 Å². The maximum Gasteiger partial charge on any atom is 0.261 e. The number of amides is 1. The van der Waals surface area contributed by atoms with E-state index in [9.17, 15) is 17.6 Å². The number of nitrogens with zero attached hydrogens (tertiary/aromatic N) is 1. The van der Waals surface area contributed by atoms with Gasteiger partial charge in [-0.15, -0.1) is 0 Å². The van der Waals surface area contributed by atoms with Crippen LogP contribution in [-0.2, 0) is 16.6 Å². The molecule has 8 heteroatoms. The van der Waals surface area contributed by atoms with Gasteiger partial charge in [-0.25, -0.2) is 12.8 Å². The first-order valence-electron chi connectivity index (χ1n) is 9.05. The van der Waals surface area contributed by atoms with E-state index in [-0.39, 0.29) is 39.4 Å². The SMILES string of the molecule is Cc1ccc(S(=O)(=O)Nc2ccc(C(=O)N(C)Cc3cccc(F)c3)c(Cl)c2)cc1. The van der Waals surface area contributed by atoms with Gasteiger partial charge in [0.2, 0.25) is 0 Å². The summed E-state index contributed by atoms with van der Waals surface area (Å²) in [5.74, 6) is -0.742. The topological polar surface area (TPSA) is 66.5 Å². The first-order chi connectivity index (χ1) is 14.2. The summed E-state index contributed by atoms with van der Waals surface area (Å²) < 4.78 is 40.8. The zero-order valence-corrected chi connectivity index (χ0v) is 18.0. The molecule has 3 aromatic rings. The zero-order chi connectivity index (χ0) is 21.9. The summed E-state index contributed by atoms with van der Waals surface area (Å²) in [6.07, 6.45) is 0. The van der Waals surface area contributed by atoms with Crippen molar-refractivity contribution in [3.05, 3.63) is 94.3 Å². The summed E-state index contributed by atoms with van der Waals surface area (Å²) in [6.45, 7) is 2.07. The molecule has 3 rings (SSSR count). The van der Waals surface area contributed by atoms with E-state index in [1.807, 2.05) is 6.92 Å². The number of benzene rings is 3. The van der Waals surface area contributed by atoms with Crippen LogP contribution in [0.15, 0.2) is 71.6 Å². The van der Waals surface area contributed by atoms with E-state index < -0.39 is 10.0 Å². The Morgan fingerprint density at radius 3 is 2.40 bits per heavy atom. The first-order valence-corrected chi connectivity index (χ1v) is 10.9. The number of aryl methyl sites for hydroxylation is 1. The Bertz CT molecular complexity index is 1180. The molecule has 0 atom stereocenters. The van der Waals surface area contributed by atoms with Gasteiger partial charge in [0.05, 0.1) is 21.2 Å². The summed E-state index contributed by atoms with van der Waals surface area (Å²) in [5, 5.41) is 0.107. The average Bonchev–Trinajstić information content (AvgIpc) is 2.67. The summed E-state index contributed by atoms with van der Waals surface area (Å²) >= 11 is 6.25. The second-order valence-corrected chi connectivity index (χ2v) is 8.99. The molecule has 156 valence electrons. The van der Waals surface area contributed by atoms with Crippen molar-refractivity contribution in [1.82, 2.24) is 4.90 Å². The molecule has 5 nitrogen and oxygen atoms in total. The first kappa shape index (κ1) is 21.8. The van der Waals surface area contributed by atoms with E-state index in [1.165, 1.54) is 47.4 Å². The predicted molar refractivity (Wildman–Crippen MR) is 116 cm³/mol. The predicted octanol–water partition coefficient (Wildman–Crippen LogP) is 4.86. The van der Waals surface area contributed by atoms with Gasteiger partial charge in [-0.2, -0.15) is 0 Å². The Kier molecular flexibility index (Phi) is 6.43. The molecule has 0 saturated carbocycles. The van der Waals surface area contributed by atoms with E-state index in [1.54, 1.807) is 31.3 Å². The van der Waals surface area contributed by atoms with Crippen LogP contribution in [0.5, 0.6) is 0 Å². The molecule has 3 aromatic carbocycles. The molecule has 0 aliphatic heterocycles.